The minimum Gasteiger partial charge on any atom is -0.491 e. The zero-order chi connectivity index (χ0) is 12.3. The van der Waals surface area contributed by atoms with Gasteiger partial charge in [0.05, 0.1) is 17.8 Å². The van der Waals surface area contributed by atoms with Crippen molar-refractivity contribution >= 4 is 11.0 Å². The van der Waals surface area contributed by atoms with E-state index in [9.17, 15) is 4.79 Å². The van der Waals surface area contributed by atoms with E-state index in [0.717, 1.165) is 18.6 Å². The molecule has 0 bridgehead atoms. The molecule has 1 aromatic heterocycles. The van der Waals surface area contributed by atoms with Crippen molar-refractivity contribution in [2.75, 3.05) is 0 Å². The lowest BCUT2D eigenvalue weighted by Crippen LogP contribution is -2.11. The highest BCUT2D eigenvalue weighted by molar-refractivity contribution is 5.77. The molecule has 0 saturated carbocycles. The zero-order valence-corrected chi connectivity index (χ0v) is 10.1. The predicted molar refractivity (Wildman–Crippen MR) is 67.5 cm³/mol. The molecule has 0 aliphatic carbocycles. The predicted octanol–water partition coefficient (Wildman–Crippen LogP) is 3.36. The van der Waals surface area contributed by atoms with E-state index in [-0.39, 0.29) is 11.5 Å². The van der Waals surface area contributed by atoms with Gasteiger partial charge in [0.2, 0.25) is 0 Å². The van der Waals surface area contributed by atoms with Crippen molar-refractivity contribution in [1.82, 2.24) is 0 Å². The first-order chi connectivity index (χ1) is 8.20. The van der Waals surface area contributed by atoms with Gasteiger partial charge in [-0.25, -0.2) is 0 Å². The molecule has 90 valence electrons. The largest absolute Gasteiger partial charge is 0.491 e. The second kappa shape index (κ2) is 5.04. The van der Waals surface area contributed by atoms with E-state index in [0.29, 0.717) is 11.0 Å². The average Bonchev–Trinajstić information content (AvgIpc) is 2.29. The maximum Gasteiger partial charge on any atom is 0.192 e. The van der Waals surface area contributed by atoms with E-state index < -0.39 is 0 Å². The summed E-state index contributed by atoms with van der Waals surface area (Å²) in [6.45, 7) is 4.16. The summed E-state index contributed by atoms with van der Waals surface area (Å²) < 4.78 is 11.0. The van der Waals surface area contributed by atoms with Crippen molar-refractivity contribution in [3.05, 3.63) is 40.8 Å². The summed E-state index contributed by atoms with van der Waals surface area (Å²) in [7, 11) is 0. The Hall–Kier alpha value is -1.77. The molecular formula is C14H16O3. The first kappa shape index (κ1) is 11.7. The molecule has 17 heavy (non-hydrogen) atoms. The topological polar surface area (TPSA) is 39.4 Å². The molecule has 2 rings (SSSR count). The summed E-state index contributed by atoms with van der Waals surface area (Å²) >= 11 is 0. The number of benzene rings is 1. The zero-order valence-electron chi connectivity index (χ0n) is 10.1. The summed E-state index contributed by atoms with van der Waals surface area (Å²) in [5.74, 6) is 0.743. The van der Waals surface area contributed by atoms with Gasteiger partial charge >= 0.3 is 0 Å². The molecule has 0 aliphatic heterocycles. The highest BCUT2D eigenvalue weighted by atomic mass is 16.5. The highest BCUT2D eigenvalue weighted by Gasteiger charge is 2.05. The quantitative estimate of drug-likeness (QED) is 0.811. The summed E-state index contributed by atoms with van der Waals surface area (Å²) in [6, 6.07) is 6.74. The van der Waals surface area contributed by atoms with E-state index in [4.69, 9.17) is 9.15 Å². The fraction of sp³-hybridized carbons (Fsp3) is 0.357. The van der Waals surface area contributed by atoms with Crippen LogP contribution >= 0.6 is 0 Å². The summed E-state index contributed by atoms with van der Waals surface area (Å²) in [6.07, 6.45) is 3.68. The molecule has 0 fully saturated rings. The fourth-order valence-electron chi connectivity index (χ4n) is 1.83. The fourth-order valence-corrected chi connectivity index (χ4v) is 1.83. The minimum atomic E-state index is -0.0283. The van der Waals surface area contributed by atoms with Gasteiger partial charge in [-0.1, -0.05) is 13.3 Å². The Morgan fingerprint density at radius 2 is 2.18 bits per heavy atom. The number of hydrogen-bond acceptors (Lipinski definition) is 3. The van der Waals surface area contributed by atoms with Crippen molar-refractivity contribution in [3.63, 3.8) is 0 Å². The van der Waals surface area contributed by atoms with Crippen molar-refractivity contribution in [2.45, 2.75) is 32.8 Å². The van der Waals surface area contributed by atoms with Gasteiger partial charge in [0.1, 0.15) is 11.3 Å². The molecule has 3 nitrogen and oxygen atoms in total. The lowest BCUT2D eigenvalue weighted by Gasteiger charge is -2.13. The van der Waals surface area contributed by atoms with Gasteiger partial charge in [-0.05, 0) is 25.5 Å². The van der Waals surface area contributed by atoms with Crippen LogP contribution in [0.5, 0.6) is 5.75 Å². The molecule has 2 aromatic rings. The lowest BCUT2D eigenvalue weighted by atomic mass is 10.2. The molecule has 0 radical (unpaired) electrons. The lowest BCUT2D eigenvalue weighted by molar-refractivity contribution is 0.210. The molecule has 0 amide bonds. The molecule has 1 heterocycles. The van der Waals surface area contributed by atoms with Crippen LogP contribution in [0.25, 0.3) is 11.0 Å². The van der Waals surface area contributed by atoms with Gasteiger partial charge in [0.25, 0.3) is 0 Å². The molecule has 1 aromatic carbocycles. The third-order valence-corrected chi connectivity index (χ3v) is 2.67. The molecule has 0 saturated heterocycles. The molecule has 1 atom stereocenters. The third-order valence-electron chi connectivity index (χ3n) is 2.67. The summed E-state index contributed by atoms with van der Waals surface area (Å²) in [5.41, 5.74) is 0.540. The van der Waals surface area contributed by atoms with E-state index in [1.807, 2.05) is 13.0 Å². The molecule has 0 unspecified atom stereocenters. The van der Waals surface area contributed by atoms with Gasteiger partial charge in [-0.2, -0.15) is 0 Å². The second-order valence-electron chi connectivity index (χ2n) is 4.16. The maximum atomic E-state index is 11.5. The van der Waals surface area contributed by atoms with Crippen LogP contribution in [-0.2, 0) is 0 Å². The van der Waals surface area contributed by atoms with Gasteiger partial charge < -0.3 is 9.15 Å². The Morgan fingerprint density at radius 1 is 1.35 bits per heavy atom. The Kier molecular flexibility index (Phi) is 3.47. The number of hydrogen-bond donors (Lipinski definition) is 0. The maximum absolute atomic E-state index is 11.5. The second-order valence-corrected chi connectivity index (χ2v) is 4.16. The van der Waals surface area contributed by atoms with Gasteiger partial charge in [-0.3, -0.25) is 4.79 Å². The minimum absolute atomic E-state index is 0.0283. The van der Waals surface area contributed by atoms with Crippen molar-refractivity contribution in [3.8, 4) is 5.75 Å². The highest BCUT2D eigenvalue weighted by Crippen LogP contribution is 2.20. The Bertz CT molecular complexity index is 557. The van der Waals surface area contributed by atoms with Crippen LogP contribution in [0.2, 0.25) is 0 Å². The van der Waals surface area contributed by atoms with E-state index in [2.05, 4.69) is 6.92 Å². The van der Waals surface area contributed by atoms with Crippen LogP contribution in [0.3, 0.4) is 0 Å². The van der Waals surface area contributed by atoms with Crippen molar-refractivity contribution < 1.29 is 9.15 Å². The first-order valence-corrected chi connectivity index (χ1v) is 5.89. The van der Waals surface area contributed by atoms with Gasteiger partial charge in [-0.15, -0.1) is 0 Å². The van der Waals surface area contributed by atoms with Crippen LogP contribution in [0.4, 0.5) is 0 Å². The summed E-state index contributed by atoms with van der Waals surface area (Å²) in [5, 5.41) is 0.586. The van der Waals surface area contributed by atoms with Gasteiger partial charge in [0.15, 0.2) is 5.43 Å². The molecule has 0 N–H and O–H groups in total. The van der Waals surface area contributed by atoms with Crippen LogP contribution < -0.4 is 10.2 Å². The molecular weight excluding hydrogens is 216 g/mol. The van der Waals surface area contributed by atoms with E-state index in [1.54, 1.807) is 12.1 Å². The SMILES string of the molecule is CCC[C@H](C)Oc1ccc2c(=O)ccoc2c1. The Balaban J connectivity index is 2.29. The van der Waals surface area contributed by atoms with Crippen LogP contribution in [-0.4, -0.2) is 6.10 Å². The van der Waals surface area contributed by atoms with E-state index in [1.165, 1.54) is 12.3 Å². The van der Waals surface area contributed by atoms with Crippen LogP contribution in [0.1, 0.15) is 26.7 Å². The molecule has 0 aliphatic rings. The standard InChI is InChI=1S/C14H16O3/c1-3-4-10(2)17-11-5-6-12-13(15)7-8-16-14(12)9-11/h5-10H,3-4H2,1-2H3/t10-/m0/s1. The molecule has 3 heteroatoms. The normalized spacial score (nSPS) is 12.6. The van der Waals surface area contributed by atoms with Gasteiger partial charge in [0, 0.05) is 12.1 Å². The van der Waals surface area contributed by atoms with Crippen LogP contribution in [0, 0.1) is 0 Å². The van der Waals surface area contributed by atoms with E-state index >= 15 is 0 Å². The Labute approximate surface area is 100 Å². The third kappa shape index (κ3) is 2.67. The number of rotatable bonds is 4. The number of fused-ring (bicyclic) bond motifs is 1. The monoisotopic (exact) mass is 232 g/mol. The van der Waals surface area contributed by atoms with Crippen molar-refractivity contribution in [1.29, 1.82) is 0 Å². The van der Waals surface area contributed by atoms with Crippen molar-refractivity contribution in [2.24, 2.45) is 0 Å². The Morgan fingerprint density at radius 3 is 2.94 bits per heavy atom. The first-order valence-electron chi connectivity index (χ1n) is 5.89. The number of ether oxygens (including phenoxy) is 1. The average molecular weight is 232 g/mol. The molecule has 0 spiro atoms. The smallest absolute Gasteiger partial charge is 0.192 e. The van der Waals surface area contributed by atoms with Crippen LogP contribution in [0.15, 0.2) is 39.7 Å². The summed E-state index contributed by atoms with van der Waals surface area (Å²) in [4.78, 5) is 11.5.